The molecule has 0 aliphatic carbocycles. The fourth-order valence-corrected chi connectivity index (χ4v) is 3.95. The van der Waals surface area contributed by atoms with Gasteiger partial charge in [-0.3, -0.25) is 0 Å². The van der Waals surface area contributed by atoms with E-state index in [0.29, 0.717) is 6.10 Å². The van der Waals surface area contributed by atoms with Gasteiger partial charge in [0.25, 0.3) is 0 Å². The van der Waals surface area contributed by atoms with Gasteiger partial charge >= 0.3 is 0 Å². The molecule has 1 nitrogen and oxygen atoms in total. The molecule has 168 valence electrons. The molecule has 0 spiro atoms. The Bertz CT molecular complexity index is 287. The lowest BCUT2D eigenvalue weighted by molar-refractivity contribution is 0.0916. The van der Waals surface area contributed by atoms with Crippen LogP contribution in [0.3, 0.4) is 0 Å². The highest BCUT2D eigenvalue weighted by molar-refractivity contribution is 4.82. The average Bonchev–Trinajstić information content (AvgIpc) is 2.70. The highest BCUT2D eigenvalue weighted by Gasteiger charge is 2.10. The van der Waals surface area contributed by atoms with Gasteiger partial charge in [-0.05, 0) is 25.7 Å². The molecule has 0 heterocycles. The van der Waals surface area contributed by atoms with Crippen LogP contribution in [0.2, 0.25) is 0 Å². The van der Waals surface area contributed by atoms with Crippen LogP contribution in [0, 0.1) is 0 Å². The fourth-order valence-electron chi connectivity index (χ4n) is 3.95. The molecule has 28 heavy (non-hydrogen) atoms. The summed E-state index contributed by atoms with van der Waals surface area (Å²) in [6, 6.07) is 0. The Labute approximate surface area is 179 Å². The van der Waals surface area contributed by atoms with E-state index in [1.165, 1.54) is 128 Å². The van der Waals surface area contributed by atoms with Crippen molar-refractivity contribution in [3.63, 3.8) is 0 Å². The highest BCUT2D eigenvalue weighted by Crippen LogP contribution is 2.20. The van der Waals surface area contributed by atoms with Crippen molar-refractivity contribution in [2.24, 2.45) is 0 Å². The Morgan fingerprint density at radius 2 is 0.857 bits per heavy atom. The molecule has 0 aromatic heterocycles. The predicted molar refractivity (Wildman–Crippen MR) is 128 cm³/mol. The molecule has 0 aromatic carbocycles. The summed E-state index contributed by atoms with van der Waals surface area (Å²) < 4.78 is 6.15. The first-order valence-corrected chi connectivity index (χ1v) is 13.1. The van der Waals surface area contributed by atoms with E-state index in [4.69, 9.17) is 4.74 Å². The number of ether oxygens (including phenoxy) is 1. The van der Waals surface area contributed by atoms with Gasteiger partial charge in [0.2, 0.25) is 0 Å². The maximum atomic E-state index is 6.15. The molecular formula is C27H54O. The van der Waals surface area contributed by atoms with Gasteiger partial charge in [-0.15, -0.1) is 0 Å². The second-order valence-electron chi connectivity index (χ2n) is 8.87. The van der Waals surface area contributed by atoms with E-state index in [1.54, 1.807) is 0 Å². The van der Waals surface area contributed by atoms with Crippen molar-refractivity contribution in [2.75, 3.05) is 0 Å². The van der Waals surface area contributed by atoms with Crippen molar-refractivity contribution in [2.45, 2.75) is 162 Å². The van der Waals surface area contributed by atoms with Gasteiger partial charge in [0.15, 0.2) is 0 Å². The molecule has 0 amide bonds. The fraction of sp³-hybridized carbons (Fsp3) is 0.926. The summed E-state index contributed by atoms with van der Waals surface area (Å²) in [6.45, 7) is 10.8. The smallest absolute Gasteiger partial charge is 0.0982 e. The zero-order chi connectivity index (χ0) is 20.7. The van der Waals surface area contributed by atoms with Crippen LogP contribution in [-0.2, 0) is 4.74 Å². The summed E-state index contributed by atoms with van der Waals surface area (Å²) in [6.07, 6.45) is 29.1. The Kier molecular flexibility index (Phi) is 22.5. The quantitative estimate of drug-likeness (QED) is 0.124. The van der Waals surface area contributed by atoms with E-state index in [9.17, 15) is 0 Å². The van der Waals surface area contributed by atoms with E-state index in [2.05, 4.69) is 27.4 Å². The first-order chi connectivity index (χ1) is 13.7. The average molecular weight is 395 g/mol. The van der Waals surface area contributed by atoms with Gasteiger partial charge < -0.3 is 4.74 Å². The molecule has 0 aliphatic rings. The van der Waals surface area contributed by atoms with Crippen molar-refractivity contribution < 1.29 is 4.74 Å². The minimum atomic E-state index is 0.418. The molecule has 0 saturated heterocycles. The van der Waals surface area contributed by atoms with Crippen LogP contribution in [0.15, 0.2) is 12.3 Å². The lowest BCUT2D eigenvalue weighted by Crippen LogP contribution is -2.12. The van der Waals surface area contributed by atoms with E-state index in [0.717, 1.165) is 12.2 Å². The molecule has 0 fully saturated rings. The van der Waals surface area contributed by atoms with Gasteiger partial charge in [-0.2, -0.15) is 0 Å². The lowest BCUT2D eigenvalue weighted by Gasteiger charge is -2.20. The lowest BCUT2D eigenvalue weighted by atomic mass is 10.0. The van der Waals surface area contributed by atoms with Crippen LogP contribution in [0.25, 0.3) is 0 Å². The van der Waals surface area contributed by atoms with Gasteiger partial charge in [-0.1, -0.05) is 130 Å². The minimum absolute atomic E-state index is 0.418. The van der Waals surface area contributed by atoms with Crippen LogP contribution < -0.4 is 0 Å². The molecular weight excluding hydrogens is 340 g/mol. The van der Waals surface area contributed by atoms with E-state index in [-0.39, 0.29) is 0 Å². The van der Waals surface area contributed by atoms with Crippen LogP contribution in [0.4, 0.5) is 0 Å². The second-order valence-corrected chi connectivity index (χ2v) is 8.87. The molecule has 0 saturated carbocycles. The van der Waals surface area contributed by atoms with Crippen molar-refractivity contribution in [3.8, 4) is 0 Å². The van der Waals surface area contributed by atoms with Gasteiger partial charge in [0, 0.05) is 6.42 Å². The van der Waals surface area contributed by atoms with E-state index < -0.39 is 0 Å². The maximum absolute atomic E-state index is 6.15. The summed E-state index contributed by atoms with van der Waals surface area (Å²) in [5.41, 5.74) is 0. The Balaban J connectivity index is 3.70. The SMILES string of the molecule is C=C(CC)OC(CCCCCCCCCCC)CCCCCCCCCCC. The molecule has 0 rings (SSSR count). The maximum Gasteiger partial charge on any atom is 0.0982 e. The highest BCUT2D eigenvalue weighted by atomic mass is 16.5. The van der Waals surface area contributed by atoms with Gasteiger partial charge in [0.05, 0.1) is 11.9 Å². The zero-order valence-electron chi connectivity index (χ0n) is 20.0. The summed E-state index contributed by atoms with van der Waals surface area (Å²) in [7, 11) is 0. The summed E-state index contributed by atoms with van der Waals surface area (Å²) >= 11 is 0. The third-order valence-electron chi connectivity index (χ3n) is 5.99. The zero-order valence-corrected chi connectivity index (χ0v) is 20.0. The summed E-state index contributed by atoms with van der Waals surface area (Å²) in [4.78, 5) is 0. The standard InChI is InChI=1S/C27H54O/c1-5-8-10-12-14-16-18-20-22-24-27(28-26(4)7-3)25-23-21-19-17-15-13-11-9-6-2/h27H,4-25H2,1-3H3. The number of allylic oxidation sites excluding steroid dienone is 1. The summed E-state index contributed by atoms with van der Waals surface area (Å²) in [5.74, 6) is 0.983. The normalized spacial score (nSPS) is 11.3. The predicted octanol–water partition coefficient (Wildman–Crippen LogP) is 10.1. The van der Waals surface area contributed by atoms with Crippen LogP contribution in [-0.4, -0.2) is 6.10 Å². The van der Waals surface area contributed by atoms with Gasteiger partial charge in [0.1, 0.15) is 0 Å². The second kappa shape index (κ2) is 22.8. The summed E-state index contributed by atoms with van der Waals surface area (Å²) in [5, 5.41) is 0. The number of rotatable bonds is 23. The Morgan fingerprint density at radius 3 is 1.18 bits per heavy atom. The number of unbranched alkanes of at least 4 members (excludes halogenated alkanes) is 16. The molecule has 0 aromatic rings. The third-order valence-corrected chi connectivity index (χ3v) is 5.99. The molecule has 1 heteroatoms. The molecule has 0 atom stereocenters. The van der Waals surface area contributed by atoms with Crippen LogP contribution in [0.1, 0.15) is 156 Å². The Morgan fingerprint density at radius 1 is 0.536 bits per heavy atom. The van der Waals surface area contributed by atoms with Crippen LogP contribution in [0.5, 0.6) is 0 Å². The van der Waals surface area contributed by atoms with Crippen molar-refractivity contribution >= 4 is 0 Å². The topological polar surface area (TPSA) is 9.23 Å². The molecule has 0 radical (unpaired) electrons. The minimum Gasteiger partial charge on any atom is -0.495 e. The van der Waals surface area contributed by atoms with Crippen molar-refractivity contribution in [1.29, 1.82) is 0 Å². The monoisotopic (exact) mass is 394 g/mol. The van der Waals surface area contributed by atoms with Crippen molar-refractivity contribution in [1.82, 2.24) is 0 Å². The molecule has 0 bridgehead atoms. The van der Waals surface area contributed by atoms with Crippen LogP contribution >= 0.6 is 0 Å². The van der Waals surface area contributed by atoms with Crippen molar-refractivity contribution in [3.05, 3.63) is 12.3 Å². The van der Waals surface area contributed by atoms with Gasteiger partial charge in [-0.25, -0.2) is 0 Å². The third kappa shape index (κ3) is 20.3. The first-order valence-electron chi connectivity index (χ1n) is 13.1. The number of hydrogen-bond donors (Lipinski definition) is 0. The van der Waals surface area contributed by atoms with E-state index in [1.807, 2.05) is 0 Å². The number of hydrogen-bond acceptors (Lipinski definition) is 1. The molecule has 0 unspecified atom stereocenters. The first kappa shape index (κ1) is 27.5. The Hall–Kier alpha value is -0.460. The molecule has 0 N–H and O–H groups in total. The largest absolute Gasteiger partial charge is 0.495 e. The molecule has 0 aliphatic heterocycles. The van der Waals surface area contributed by atoms with E-state index >= 15 is 0 Å².